The summed E-state index contributed by atoms with van der Waals surface area (Å²) in [6.07, 6.45) is 6.74. The highest BCUT2D eigenvalue weighted by Crippen LogP contribution is 2.26. The third kappa shape index (κ3) is 6.32. The van der Waals surface area contributed by atoms with E-state index >= 15 is 0 Å². The molecular weight excluding hydrogens is 408 g/mol. The summed E-state index contributed by atoms with van der Waals surface area (Å²) in [6.45, 7) is 8.52. The highest BCUT2D eigenvalue weighted by atomic mass is 32.2. The molecule has 0 radical (unpaired) electrons. The molecule has 0 amide bonds. The molecule has 6 nitrogen and oxygen atoms in total. The number of piperidine rings is 1. The Hall–Kier alpha value is -1.86. The fraction of sp³-hybridized carbons (Fsp3) is 0.625. The lowest BCUT2D eigenvalue weighted by Crippen LogP contribution is -2.30. The Morgan fingerprint density at radius 2 is 1.77 bits per heavy atom. The van der Waals surface area contributed by atoms with E-state index in [1.807, 2.05) is 26.1 Å². The van der Waals surface area contributed by atoms with Crippen LogP contribution in [0.15, 0.2) is 29.2 Å². The molecule has 0 spiro atoms. The smallest absolute Gasteiger partial charge is 0.262 e. The monoisotopic (exact) mass is 446 g/mol. The Balaban J connectivity index is 1.61. The molecule has 1 aliphatic heterocycles. The number of sulfonamides is 1. The van der Waals surface area contributed by atoms with E-state index in [2.05, 4.69) is 35.6 Å². The van der Waals surface area contributed by atoms with Crippen molar-refractivity contribution in [3.05, 3.63) is 41.2 Å². The molecule has 0 atom stereocenters. The molecule has 2 aromatic rings. The van der Waals surface area contributed by atoms with E-state index in [-0.39, 0.29) is 0 Å². The lowest BCUT2D eigenvalue weighted by molar-refractivity contribution is 0.210. The van der Waals surface area contributed by atoms with Crippen LogP contribution in [0.3, 0.4) is 0 Å². The van der Waals surface area contributed by atoms with Gasteiger partial charge in [-0.3, -0.25) is 9.40 Å². The molecule has 0 saturated carbocycles. The first-order valence-electron chi connectivity index (χ1n) is 11.5. The van der Waals surface area contributed by atoms with Gasteiger partial charge in [-0.2, -0.15) is 5.10 Å². The summed E-state index contributed by atoms with van der Waals surface area (Å²) in [5, 5.41) is 4.51. The Bertz CT molecular complexity index is 956. The minimum atomic E-state index is -3.65. The first kappa shape index (κ1) is 23.8. The van der Waals surface area contributed by atoms with E-state index in [9.17, 15) is 8.42 Å². The Morgan fingerprint density at radius 1 is 1.13 bits per heavy atom. The molecular formula is C24H38N4O2S. The standard InChI is InChI=1S/C24H38N4O2S/c1-18(2)17-23-24(19(3)28(5)25-23)26-31(29,30)22-11-9-20(10-12-22)7-6-8-21-13-15-27(4)16-14-21/h9-12,18,21,26H,6-8,13-17H2,1-5H3. The third-order valence-electron chi connectivity index (χ3n) is 6.39. The maximum Gasteiger partial charge on any atom is 0.262 e. The highest BCUT2D eigenvalue weighted by Gasteiger charge is 2.21. The number of anilines is 1. The first-order chi connectivity index (χ1) is 14.7. The number of benzene rings is 1. The van der Waals surface area contributed by atoms with Crippen LogP contribution in [0.4, 0.5) is 5.69 Å². The van der Waals surface area contributed by atoms with Crippen molar-refractivity contribution in [2.24, 2.45) is 18.9 Å². The SMILES string of the molecule is Cc1c(NS(=O)(=O)c2ccc(CCCC3CCN(C)CC3)cc2)c(CC(C)C)nn1C. The van der Waals surface area contributed by atoms with Gasteiger partial charge in [0.2, 0.25) is 0 Å². The van der Waals surface area contributed by atoms with E-state index in [0.29, 0.717) is 16.5 Å². The number of hydrogen-bond donors (Lipinski definition) is 1. The summed E-state index contributed by atoms with van der Waals surface area (Å²) < 4.78 is 30.5. The van der Waals surface area contributed by atoms with Crippen molar-refractivity contribution in [3.63, 3.8) is 0 Å². The minimum absolute atomic E-state index is 0.297. The normalized spacial score (nSPS) is 16.2. The van der Waals surface area contributed by atoms with Gasteiger partial charge in [-0.05, 0) is 88.7 Å². The average molecular weight is 447 g/mol. The van der Waals surface area contributed by atoms with Crippen molar-refractivity contribution in [1.29, 1.82) is 0 Å². The third-order valence-corrected chi connectivity index (χ3v) is 7.76. The molecule has 1 N–H and O–H groups in total. The molecule has 1 aromatic carbocycles. The van der Waals surface area contributed by atoms with E-state index in [1.54, 1.807) is 16.8 Å². The van der Waals surface area contributed by atoms with Gasteiger partial charge in [0.05, 0.1) is 22.0 Å². The molecule has 1 aromatic heterocycles. The molecule has 1 fully saturated rings. The summed E-state index contributed by atoms with van der Waals surface area (Å²) in [4.78, 5) is 2.70. The number of nitrogens with one attached hydrogen (secondary N) is 1. The van der Waals surface area contributed by atoms with Crippen molar-refractivity contribution in [2.75, 3.05) is 24.9 Å². The first-order valence-corrected chi connectivity index (χ1v) is 13.0. The van der Waals surface area contributed by atoms with Gasteiger partial charge < -0.3 is 4.90 Å². The summed E-state index contributed by atoms with van der Waals surface area (Å²) in [6, 6.07) is 7.35. The second-order valence-electron chi connectivity index (χ2n) is 9.52. The highest BCUT2D eigenvalue weighted by molar-refractivity contribution is 7.92. The van der Waals surface area contributed by atoms with Crippen LogP contribution in [0.1, 0.15) is 56.5 Å². The lowest BCUT2D eigenvalue weighted by atomic mass is 9.91. The maximum atomic E-state index is 13.0. The van der Waals surface area contributed by atoms with Crippen molar-refractivity contribution < 1.29 is 8.42 Å². The fourth-order valence-electron chi connectivity index (χ4n) is 4.31. The second kappa shape index (κ2) is 10.2. The molecule has 0 unspecified atom stereocenters. The van der Waals surface area contributed by atoms with Gasteiger partial charge in [0.15, 0.2) is 0 Å². The molecule has 31 heavy (non-hydrogen) atoms. The largest absolute Gasteiger partial charge is 0.306 e. The predicted molar refractivity (Wildman–Crippen MR) is 127 cm³/mol. The van der Waals surface area contributed by atoms with E-state index in [4.69, 9.17) is 0 Å². The second-order valence-corrected chi connectivity index (χ2v) is 11.2. The number of nitrogens with zero attached hydrogens (tertiary/aromatic N) is 3. The zero-order valence-electron chi connectivity index (χ0n) is 19.7. The van der Waals surface area contributed by atoms with Gasteiger partial charge >= 0.3 is 0 Å². The average Bonchev–Trinajstić information content (AvgIpc) is 2.96. The van der Waals surface area contributed by atoms with Crippen molar-refractivity contribution >= 4 is 15.7 Å². The van der Waals surface area contributed by atoms with Crippen molar-refractivity contribution in [3.8, 4) is 0 Å². The molecule has 1 saturated heterocycles. The lowest BCUT2D eigenvalue weighted by Gasteiger charge is -2.28. The maximum absolute atomic E-state index is 13.0. The van der Waals surface area contributed by atoms with Crippen LogP contribution in [0.25, 0.3) is 0 Å². The predicted octanol–water partition coefficient (Wildman–Crippen LogP) is 4.39. The number of aromatic nitrogens is 2. The van der Waals surface area contributed by atoms with Crippen molar-refractivity contribution in [2.45, 2.75) is 64.2 Å². The Labute approximate surface area is 188 Å². The van der Waals surface area contributed by atoms with Crippen LogP contribution in [-0.4, -0.2) is 43.2 Å². The van der Waals surface area contributed by atoms with Crippen LogP contribution < -0.4 is 4.72 Å². The van der Waals surface area contributed by atoms with Crippen molar-refractivity contribution in [1.82, 2.24) is 14.7 Å². The molecule has 0 bridgehead atoms. The van der Waals surface area contributed by atoms with Crippen LogP contribution in [0.5, 0.6) is 0 Å². The van der Waals surface area contributed by atoms with E-state index in [1.165, 1.54) is 37.9 Å². The molecule has 172 valence electrons. The van der Waals surface area contributed by atoms with Gasteiger partial charge in [0, 0.05) is 7.05 Å². The quantitative estimate of drug-likeness (QED) is 0.620. The molecule has 2 heterocycles. The number of hydrogen-bond acceptors (Lipinski definition) is 4. The van der Waals surface area contributed by atoms with Crippen LogP contribution in [0.2, 0.25) is 0 Å². The Kier molecular flexibility index (Phi) is 7.81. The van der Waals surface area contributed by atoms with Gasteiger partial charge in [-0.25, -0.2) is 8.42 Å². The summed E-state index contributed by atoms with van der Waals surface area (Å²) in [5.74, 6) is 1.23. The molecule has 0 aliphatic carbocycles. The summed E-state index contributed by atoms with van der Waals surface area (Å²) in [7, 11) is 0.392. The van der Waals surface area contributed by atoms with Gasteiger partial charge in [0.25, 0.3) is 10.0 Å². The fourth-order valence-corrected chi connectivity index (χ4v) is 5.46. The van der Waals surface area contributed by atoms with Gasteiger partial charge in [-0.15, -0.1) is 0 Å². The topological polar surface area (TPSA) is 67.2 Å². The van der Waals surface area contributed by atoms with E-state index in [0.717, 1.165) is 36.6 Å². The van der Waals surface area contributed by atoms with Gasteiger partial charge in [-0.1, -0.05) is 32.4 Å². The number of likely N-dealkylation sites (tertiary alicyclic amines) is 1. The number of aryl methyl sites for hydroxylation is 2. The van der Waals surface area contributed by atoms with Crippen LogP contribution in [-0.2, 0) is 29.9 Å². The van der Waals surface area contributed by atoms with Crippen LogP contribution >= 0.6 is 0 Å². The summed E-state index contributed by atoms with van der Waals surface area (Å²) in [5.41, 5.74) is 3.43. The minimum Gasteiger partial charge on any atom is -0.306 e. The Morgan fingerprint density at radius 3 is 2.39 bits per heavy atom. The number of rotatable bonds is 9. The zero-order valence-corrected chi connectivity index (χ0v) is 20.5. The zero-order chi connectivity index (χ0) is 22.6. The van der Waals surface area contributed by atoms with Crippen LogP contribution in [0, 0.1) is 18.8 Å². The van der Waals surface area contributed by atoms with E-state index < -0.39 is 10.0 Å². The molecule has 7 heteroatoms. The van der Waals surface area contributed by atoms with Gasteiger partial charge in [0.1, 0.15) is 0 Å². The molecule has 1 aliphatic rings. The summed E-state index contributed by atoms with van der Waals surface area (Å²) >= 11 is 0. The molecule has 3 rings (SSSR count).